The van der Waals surface area contributed by atoms with E-state index in [0.717, 1.165) is 29.4 Å². The molecule has 0 fully saturated rings. The molecule has 5 heteroatoms. The zero-order valence-electron chi connectivity index (χ0n) is 17.4. The number of carbonyl (C=O) groups is 1. The molecule has 5 nitrogen and oxygen atoms in total. The summed E-state index contributed by atoms with van der Waals surface area (Å²) in [6.45, 7) is 5.54. The van der Waals surface area contributed by atoms with E-state index >= 15 is 0 Å². The van der Waals surface area contributed by atoms with Gasteiger partial charge in [-0.1, -0.05) is 53.2 Å². The van der Waals surface area contributed by atoms with Crippen molar-refractivity contribution < 1.29 is 4.79 Å². The van der Waals surface area contributed by atoms with Gasteiger partial charge >= 0.3 is 0 Å². The first-order valence-electron chi connectivity index (χ1n) is 10.3. The molecule has 0 spiro atoms. The fourth-order valence-corrected chi connectivity index (χ4v) is 3.68. The van der Waals surface area contributed by atoms with Crippen molar-refractivity contribution in [3.63, 3.8) is 0 Å². The topological polar surface area (TPSA) is 59.8 Å². The highest BCUT2D eigenvalue weighted by Gasteiger charge is 2.07. The number of nitrogens with one attached hydrogen (secondary N) is 1. The molecule has 4 rings (SSSR count). The smallest absolute Gasteiger partial charge is 0.251 e. The van der Waals surface area contributed by atoms with Crippen molar-refractivity contribution in [1.29, 1.82) is 0 Å². The number of para-hydroxylation sites is 1. The third-order valence-electron chi connectivity index (χ3n) is 5.38. The van der Waals surface area contributed by atoms with Gasteiger partial charge in [0.15, 0.2) is 0 Å². The number of benzene rings is 3. The van der Waals surface area contributed by atoms with Gasteiger partial charge in [0.2, 0.25) is 0 Å². The fourth-order valence-electron chi connectivity index (χ4n) is 3.68. The number of aromatic nitrogens is 3. The lowest BCUT2D eigenvalue weighted by Gasteiger charge is -2.09. The van der Waals surface area contributed by atoms with Gasteiger partial charge in [-0.25, -0.2) is 4.68 Å². The molecule has 0 bridgehead atoms. The van der Waals surface area contributed by atoms with Crippen molar-refractivity contribution in [2.24, 2.45) is 0 Å². The van der Waals surface area contributed by atoms with Crippen molar-refractivity contribution in [3.05, 3.63) is 94.5 Å². The van der Waals surface area contributed by atoms with Crippen LogP contribution in [0.3, 0.4) is 0 Å². The lowest BCUT2D eigenvalue weighted by Crippen LogP contribution is -2.24. The molecule has 1 N–H and O–H groups in total. The number of hydrogen-bond donors (Lipinski definition) is 1. The molecular weight excluding hydrogens is 372 g/mol. The number of hydrogen-bond acceptors (Lipinski definition) is 3. The Morgan fingerprint density at radius 2 is 1.80 bits per heavy atom. The first-order chi connectivity index (χ1) is 14.6. The maximum absolute atomic E-state index is 12.4. The van der Waals surface area contributed by atoms with Crippen LogP contribution in [-0.4, -0.2) is 27.4 Å². The van der Waals surface area contributed by atoms with Crippen LogP contribution in [0.2, 0.25) is 0 Å². The third-order valence-corrected chi connectivity index (χ3v) is 5.38. The van der Waals surface area contributed by atoms with Gasteiger partial charge in [-0.2, -0.15) is 0 Å². The third kappa shape index (κ3) is 4.57. The van der Waals surface area contributed by atoms with Crippen molar-refractivity contribution in [1.82, 2.24) is 20.3 Å². The van der Waals surface area contributed by atoms with E-state index in [1.165, 1.54) is 16.7 Å². The lowest BCUT2D eigenvalue weighted by molar-refractivity contribution is 0.0953. The number of amides is 1. The minimum Gasteiger partial charge on any atom is -0.352 e. The Labute approximate surface area is 176 Å². The average Bonchev–Trinajstić information content (AvgIpc) is 3.16. The Morgan fingerprint density at radius 3 is 2.60 bits per heavy atom. The monoisotopic (exact) mass is 398 g/mol. The van der Waals surface area contributed by atoms with E-state index in [-0.39, 0.29) is 5.91 Å². The molecule has 1 amide bonds. The molecule has 0 unspecified atom stereocenters. The summed E-state index contributed by atoms with van der Waals surface area (Å²) in [5, 5.41) is 11.4. The van der Waals surface area contributed by atoms with Crippen LogP contribution in [0.4, 0.5) is 0 Å². The summed E-state index contributed by atoms with van der Waals surface area (Å²) < 4.78 is 1.87. The van der Waals surface area contributed by atoms with Gasteiger partial charge in [0.25, 0.3) is 5.91 Å². The second-order valence-corrected chi connectivity index (χ2v) is 7.72. The first-order valence-corrected chi connectivity index (χ1v) is 10.3. The van der Waals surface area contributed by atoms with Gasteiger partial charge < -0.3 is 5.32 Å². The maximum atomic E-state index is 12.4. The number of rotatable bonds is 7. The van der Waals surface area contributed by atoms with Crippen molar-refractivity contribution >= 4 is 16.9 Å². The number of fused-ring (bicyclic) bond motifs is 1. The molecule has 0 aliphatic heterocycles. The molecule has 3 aromatic carbocycles. The molecular formula is C25H26N4O. The zero-order chi connectivity index (χ0) is 20.9. The van der Waals surface area contributed by atoms with Crippen LogP contribution in [0.25, 0.3) is 11.0 Å². The summed E-state index contributed by atoms with van der Waals surface area (Å²) in [4.78, 5) is 12.4. The molecule has 0 saturated carbocycles. The van der Waals surface area contributed by atoms with E-state index in [1.807, 2.05) is 53.2 Å². The average molecular weight is 399 g/mol. The van der Waals surface area contributed by atoms with Crippen LogP contribution in [0, 0.1) is 13.8 Å². The molecule has 0 radical (unpaired) electrons. The number of carbonyl (C=O) groups excluding carboxylic acids is 1. The van der Waals surface area contributed by atoms with Gasteiger partial charge in [0.1, 0.15) is 5.52 Å². The van der Waals surface area contributed by atoms with Crippen molar-refractivity contribution in [2.75, 3.05) is 6.54 Å². The van der Waals surface area contributed by atoms with Gasteiger partial charge in [-0.05, 0) is 67.6 Å². The summed E-state index contributed by atoms with van der Waals surface area (Å²) in [6, 6.07) is 22.1. The first kappa shape index (κ1) is 19.8. The molecule has 0 saturated heterocycles. The van der Waals surface area contributed by atoms with E-state index in [2.05, 4.69) is 47.7 Å². The van der Waals surface area contributed by atoms with Gasteiger partial charge in [-0.3, -0.25) is 4.79 Å². The Balaban J connectivity index is 1.29. The fraction of sp³-hybridized carbons (Fsp3) is 0.240. The minimum absolute atomic E-state index is 0.0339. The van der Waals surface area contributed by atoms with E-state index in [1.54, 1.807) is 0 Å². The predicted octanol–water partition coefficient (Wildman–Crippen LogP) is 4.46. The number of nitrogens with zero attached hydrogens (tertiary/aromatic N) is 3. The van der Waals surface area contributed by atoms with Gasteiger partial charge in [-0.15, -0.1) is 5.10 Å². The molecule has 0 atom stereocenters. The SMILES string of the molecule is Cc1ccc(CCCNC(=O)c2ccc(Cn3nnc4ccccc43)cc2)c(C)c1. The standard InChI is InChI=1S/C25H26N4O/c1-18-9-12-21(19(2)16-18)6-5-15-26-25(30)22-13-10-20(11-14-22)17-29-24-8-4-3-7-23(24)27-28-29/h3-4,7-14,16H,5-6,15,17H2,1-2H3,(H,26,30). The summed E-state index contributed by atoms with van der Waals surface area (Å²) in [6.07, 6.45) is 1.89. The quantitative estimate of drug-likeness (QED) is 0.468. The van der Waals surface area contributed by atoms with E-state index in [9.17, 15) is 4.79 Å². The summed E-state index contributed by atoms with van der Waals surface area (Å²) in [5.41, 5.74) is 7.59. The van der Waals surface area contributed by atoms with Crippen LogP contribution >= 0.6 is 0 Å². The molecule has 30 heavy (non-hydrogen) atoms. The molecule has 152 valence electrons. The van der Waals surface area contributed by atoms with E-state index in [0.29, 0.717) is 18.7 Å². The van der Waals surface area contributed by atoms with Crippen LogP contribution in [0.15, 0.2) is 66.7 Å². The molecule has 1 aromatic heterocycles. The second-order valence-electron chi connectivity index (χ2n) is 7.72. The zero-order valence-corrected chi connectivity index (χ0v) is 17.4. The predicted molar refractivity (Wildman–Crippen MR) is 120 cm³/mol. The van der Waals surface area contributed by atoms with E-state index < -0.39 is 0 Å². The van der Waals surface area contributed by atoms with Crippen LogP contribution in [0.5, 0.6) is 0 Å². The Morgan fingerprint density at radius 1 is 1.00 bits per heavy atom. The molecule has 0 aliphatic rings. The maximum Gasteiger partial charge on any atom is 0.251 e. The highest BCUT2D eigenvalue weighted by molar-refractivity contribution is 5.94. The van der Waals surface area contributed by atoms with Crippen molar-refractivity contribution in [3.8, 4) is 0 Å². The highest BCUT2D eigenvalue weighted by atomic mass is 16.1. The molecule has 0 aliphatic carbocycles. The van der Waals surface area contributed by atoms with Gasteiger partial charge in [0.05, 0.1) is 12.1 Å². The molecule has 4 aromatic rings. The largest absolute Gasteiger partial charge is 0.352 e. The van der Waals surface area contributed by atoms with Crippen LogP contribution < -0.4 is 5.32 Å². The Bertz CT molecular complexity index is 1160. The molecule has 1 heterocycles. The van der Waals surface area contributed by atoms with Crippen LogP contribution in [-0.2, 0) is 13.0 Å². The Kier molecular flexibility index (Phi) is 5.89. The lowest BCUT2D eigenvalue weighted by atomic mass is 10.0. The number of aryl methyl sites for hydroxylation is 3. The van der Waals surface area contributed by atoms with Crippen LogP contribution in [0.1, 0.15) is 39.0 Å². The summed E-state index contributed by atoms with van der Waals surface area (Å²) in [7, 11) is 0. The normalized spacial score (nSPS) is 11.0. The highest BCUT2D eigenvalue weighted by Crippen LogP contribution is 2.14. The van der Waals surface area contributed by atoms with Crippen molar-refractivity contribution in [2.45, 2.75) is 33.2 Å². The Hall–Kier alpha value is -3.47. The second kappa shape index (κ2) is 8.91. The van der Waals surface area contributed by atoms with Gasteiger partial charge in [0, 0.05) is 12.1 Å². The minimum atomic E-state index is -0.0339. The van der Waals surface area contributed by atoms with E-state index in [4.69, 9.17) is 0 Å². The summed E-state index contributed by atoms with van der Waals surface area (Å²) in [5.74, 6) is -0.0339. The summed E-state index contributed by atoms with van der Waals surface area (Å²) >= 11 is 0.